The number of carbonyl (C=O) groups excluding carboxylic acids is 2. The zero-order chi connectivity index (χ0) is 27.9. The molecule has 1 saturated heterocycles. The average Bonchev–Trinajstić information content (AvgIpc) is 2.99. The summed E-state index contributed by atoms with van der Waals surface area (Å²) in [5, 5.41) is 3.44. The van der Waals surface area contributed by atoms with E-state index >= 15 is 0 Å². The molecule has 2 amide bonds. The van der Waals surface area contributed by atoms with Crippen LogP contribution in [0.4, 0.5) is 4.39 Å². The minimum absolute atomic E-state index is 0.00811. The van der Waals surface area contributed by atoms with Gasteiger partial charge in [-0.1, -0.05) is 61.7 Å². The zero-order valence-electron chi connectivity index (χ0n) is 23.6. The molecule has 214 valence electrons. The molecule has 3 fully saturated rings. The predicted octanol–water partition coefficient (Wildman–Crippen LogP) is 6.25. The Hall–Kier alpha value is -2.64. The highest BCUT2D eigenvalue weighted by Gasteiger charge is 2.44. The molecule has 7 heteroatoms. The fourth-order valence-corrected chi connectivity index (χ4v) is 7.91. The van der Waals surface area contributed by atoms with Crippen molar-refractivity contribution in [3.8, 4) is 0 Å². The molecule has 3 atom stereocenters. The minimum Gasteiger partial charge on any atom is -0.356 e. The highest BCUT2D eigenvalue weighted by molar-refractivity contribution is 8.04. The Kier molecular flexibility index (Phi) is 9.97. The van der Waals surface area contributed by atoms with Crippen molar-refractivity contribution in [2.24, 2.45) is 5.92 Å². The molecule has 3 unspecified atom stereocenters. The first-order chi connectivity index (χ1) is 19.5. The molecule has 0 radical (unpaired) electrons. The van der Waals surface area contributed by atoms with Gasteiger partial charge in [0.1, 0.15) is 5.82 Å². The van der Waals surface area contributed by atoms with Gasteiger partial charge in [-0.3, -0.25) is 9.59 Å². The van der Waals surface area contributed by atoms with Crippen LogP contribution in [0.2, 0.25) is 0 Å². The number of benzene rings is 2. The van der Waals surface area contributed by atoms with Crippen LogP contribution >= 0.6 is 11.8 Å². The Balaban J connectivity index is 1.22. The van der Waals surface area contributed by atoms with E-state index < -0.39 is 0 Å². The highest BCUT2D eigenvalue weighted by atomic mass is 32.2. The van der Waals surface area contributed by atoms with Gasteiger partial charge in [-0.25, -0.2) is 4.39 Å². The molecule has 2 aromatic carbocycles. The van der Waals surface area contributed by atoms with E-state index in [9.17, 15) is 14.0 Å². The van der Waals surface area contributed by atoms with Crippen molar-refractivity contribution in [2.75, 3.05) is 20.1 Å². The summed E-state index contributed by atoms with van der Waals surface area (Å²) in [6.45, 7) is 2.11. The van der Waals surface area contributed by atoms with Gasteiger partial charge in [-0.05, 0) is 81.5 Å². The lowest BCUT2D eigenvalue weighted by atomic mass is 9.83. The van der Waals surface area contributed by atoms with E-state index in [0.717, 1.165) is 41.8 Å². The molecule has 0 spiro atoms. The third kappa shape index (κ3) is 7.35. The Morgan fingerprint density at radius 1 is 1.05 bits per heavy atom. The SMILES string of the molecule is CN(CCCNC(=O)C1CCC2S/C(=C\c3ccccc3)C(=O)N(Cc3ccc(F)cc3)C2C1)C1CCCCC1. The van der Waals surface area contributed by atoms with Gasteiger partial charge < -0.3 is 15.1 Å². The molecule has 40 heavy (non-hydrogen) atoms. The number of carbonyl (C=O) groups is 2. The van der Waals surface area contributed by atoms with Crippen LogP contribution < -0.4 is 5.32 Å². The Morgan fingerprint density at radius 2 is 1.80 bits per heavy atom. The van der Waals surface area contributed by atoms with Crippen molar-refractivity contribution < 1.29 is 14.0 Å². The predicted molar refractivity (Wildman–Crippen MR) is 161 cm³/mol. The van der Waals surface area contributed by atoms with Gasteiger partial charge in [-0.15, -0.1) is 11.8 Å². The first-order valence-corrected chi connectivity index (χ1v) is 15.8. The van der Waals surface area contributed by atoms with E-state index in [-0.39, 0.29) is 34.8 Å². The Bertz CT molecular complexity index is 1170. The average molecular weight is 564 g/mol. The quantitative estimate of drug-likeness (QED) is 0.290. The van der Waals surface area contributed by atoms with Gasteiger partial charge in [0.15, 0.2) is 0 Å². The number of nitrogens with zero attached hydrogens (tertiary/aromatic N) is 2. The van der Waals surface area contributed by atoms with Crippen LogP contribution in [0.15, 0.2) is 59.5 Å². The largest absolute Gasteiger partial charge is 0.356 e. The molecule has 1 N–H and O–H groups in total. The van der Waals surface area contributed by atoms with Gasteiger partial charge in [0.05, 0.1) is 4.91 Å². The maximum absolute atomic E-state index is 13.8. The number of thioether (sulfide) groups is 1. The summed E-state index contributed by atoms with van der Waals surface area (Å²) < 4.78 is 13.6. The van der Waals surface area contributed by atoms with Crippen molar-refractivity contribution in [2.45, 2.75) is 81.7 Å². The van der Waals surface area contributed by atoms with Crippen molar-refractivity contribution in [3.63, 3.8) is 0 Å². The van der Waals surface area contributed by atoms with Gasteiger partial charge in [0.2, 0.25) is 5.91 Å². The lowest BCUT2D eigenvalue weighted by Gasteiger charge is -2.46. The summed E-state index contributed by atoms with van der Waals surface area (Å²) in [6.07, 6.45) is 11.9. The summed E-state index contributed by atoms with van der Waals surface area (Å²) in [6, 6.07) is 17.0. The fraction of sp³-hybridized carbons (Fsp3) is 0.515. The van der Waals surface area contributed by atoms with Gasteiger partial charge in [0, 0.05) is 36.3 Å². The maximum Gasteiger partial charge on any atom is 0.260 e. The highest BCUT2D eigenvalue weighted by Crippen LogP contribution is 2.44. The lowest BCUT2D eigenvalue weighted by Crippen LogP contribution is -2.53. The summed E-state index contributed by atoms with van der Waals surface area (Å²) in [5.41, 5.74) is 1.90. The van der Waals surface area contributed by atoms with Crippen molar-refractivity contribution in [1.29, 1.82) is 0 Å². The number of nitrogens with one attached hydrogen (secondary N) is 1. The standard InChI is InChI=1S/C33H42FN3O2S/c1-36(28-11-6-3-7-12-28)20-8-19-35-32(38)26-15-18-30-29(22-26)37(23-25-13-16-27(34)17-14-25)33(39)31(40-30)21-24-9-4-2-5-10-24/h2,4-5,9-10,13-14,16-17,21,26,28-30H,3,6-8,11-12,15,18-20,22-23H2,1H3,(H,35,38)/b31-21-. The smallest absolute Gasteiger partial charge is 0.260 e. The third-order valence-electron chi connectivity index (χ3n) is 8.82. The van der Waals surface area contributed by atoms with E-state index in [1.807, 2.05) is 41.3 Å². The number of hydrogen-bond donors (Lipinski definition) is 1. The summed E-state index contributed by atoms with van der Waals surface area (Å²) in [5.74, 6) is -0.276. The summed E-state index contributed by atoms with van der Waals surface area (Å²) >= 11 is 1.66. The van der Waals surface area contributed by atoms with E-state index in [4.69, 9.17) is 0 Å². The first kappa shape index (κ1) is 28.9. The van der Waals surface area contributed by atoms with Crippen molar-refractivity contribution in [1.82, 2.24) is 15.1 Å². The van der Waals surface area contributed by atoms with E-state index in [0.29, 0.717) is 25.6 Å². The van der Waals surface area contributed by atoms with Crippen LogP contribution in [0.5, 0.6) is 0 Å². The molecule has 1 heterocycles. The van der Waals surface area contributed by atoms with Crippen LogP contribution in [-0.2, 0) is 16.1 Å². The third-order valence-corrected chi connectivity index (χ3v) is 10.2. The lowest BCUT2D eigenvalue weighted by molar-refractivity contribution is -0.133. The minimum atomic E-state index is -0.286. The van der Waals surface area contributed by atoms with Gasteiger partial charge in [0.25, 0.3) is 5.91 Å². The van der Waals surface area contributed by atoms with Crippen LogP contribution in [-0.4, -0.2) is 59.1 Å². The molecule has 3 aliphatic rings. The summed E-state index contributed by atoms with van der Waals surface area (Å²) in [7, 11) is 2.22. The van der Waals surface area contributed by atoms with E-state index in [1.54, 1.807) is 23.9 Å². The number of rotatable bonds is 9. The van der Waals surface area contributed by atoms with Crippen LogP contribution in [0.3, 0.4) is 0 Å². The number of hydrogen-bond acceptors (Lipinski definition) is 4. The second-order valence-corrected chi connectivity index (χ2v) is 12.9. The van der Waals surface area contributed by atoms with Crippen molar-refractivity contribution >= 4 is 29.7 Å². The van der Waals surface area contributed by atoms with E-state index in [2.05, 4.69) is 17.3 Å². The second-order valence-electron chi connectivity index (χ2n) is 11.6. The number of halogens is 1. The van der Waals surface area contributed by atoms with Crippen LogP contribution in [0.25, 0.3) is 6.08 Å². The molecular formula is C33H42FN3O2S. The second kappa shape index (κ2) is 13.8. The fourth-order valence-electron chi connectivity index (χ4n) is 6.49. The monoisotopic (exact) mass is 563 g/mol. The molecule has 0 aromatic heterocycles. The first-order valence-electron chi connectivity index (χ1n) is 14.9. The molecule has 5 rings (SSSR count). The molecule has 0 bridgehead atoms. The molecular weight excluding hydrogens is 521 g/mol. The van der Waals surface area contributed by atoms with Crippen molar-refractivity contribution in [3.05, 3.63) is 76.4 Å². The van der Waals surface area contributed by atoms with Crippen LogP contribution in [0.1, 0.15) is 68.9 Å². The van der Waals surface area contributed by atoms with Gasteiger partial charge >= 0.3 is 0 Å². The van der Waals surface area contributed by atoms with Gasteiger partial charge in [-0.2, -0.15) is 0 Å². The molecule has 2 aromatic rings. The zero-order valence-corrected chi connectivity index (χ0v) is 24.4. The normalized spacial score (nSPS) is 24.8. The molecule has 2 saturated carbocycles. The Morgan fingerprint density at radius 3 is 2.55 bits per heavy atom. The number of amides is 2. The number of fused-ring (bicyclic) bond motifs is 1. The van der Waals surface area contributed by atoms with Crippen LogP contribution in [0, 0.1) is 11.7 Å². The molecule has 2 aliphatic carbocycles. The molecule has 1 aliphatic heterocycles. The maximum atomic E-state index is 13.8. The Labute approximate surface area is 242 Å². The van der Waals surface area contributed by atoms with E-state index in [1.165, 1.54) is 44.2 Å². The summed E-state index contributed by atoms with van der Waals surface area (Å²) in [4.78, 5) is 32.2. The molecule has 5 nitrogen and oxygen atoms in total. The topological polar surface area (TPSA) is 52.7 Å².